The van der Waals surface area contributed by atoms with E-state index in [1.807, 2.05) is 54.6 Å². The van der Waals surface area contributed by atoms with Gasteiger partial charge in [0, 0.05) is 26.7 Å². The molecule has 3 aromatic carbocycles. The molecule has 0 radical (unpaired) electrons. The molecule has 1 N–H and O–H groups in total. The Bertz CT molecular complexity index is 1570. The second-order valence-electron chi connectivity index (χ2n) is 8.91. The quantitative estimate of drug-likeness (QED) is 0.192. The SMILES string of the molecule is CCOC(=O)C1C(=O)C=C(c2ccc(NC(=O)c3sc4ccccc4c3Cl)cc2)CC1c1ccccc1Cl. The summed E-state index contributed by atoms with van der Waals surface area (Å²) in [5.74, 6) is -2.55. The predicted octanol–water partition coefficient (Wildman–Crippen LogP) is 7.78. The highest BCUT2D eigenvalue weighted by Gasteiger charge is 2.40. The lowest BCUT2D eigenvalue weighted by atomic mass is 9.73. The van der Waals surface area contributed by atoms with E-state index in [0.717, 1.165) is 26.8 Å². The third-order valence-corrected chi connectivity index (χ3v) is 8.58. The van der Waals surface area contributed by atoms with Gasteiger partial charge in [-0.1, -0.05) is 71.7 Å². The number of hydrogen-bond acceptors (Lipinski definition) is 5. The van der Waals surface area contributed by atoms with Gasteiger partial charge in [0.2, 0.25) is 0 Å². The van der Waals surface area contributed by atoms with E-state index in [1.165, 1.54) is 17.4 Å². The minimum Gasteiger partial charge on any atom is -0.465 e. The molecule has 8 heteroatoms. The summed E-state index contributed by atoms with van der Waals surface area (Å²) >= 11 is 14.3. The van der Waals surface area contributed by atoms with Crippen molar-refractivity contribution >= 4 is 73.5 Å². The summed E-state index contributed by atoms with van der Waals surface area (Å²) in [5.41, 5.74) is 2.93. The fourth-order valence-corrected chi connectivity index (χ4v) is 6.46. The molecular formula is C30H23Cl2NO4S. The van der Waals surface area contributed by atoms with Gasteiger partial charge >= 0.3 is 5.97 Å². The molecule has 0 fully saturated rings. The maximum atomic E-state index is 13.2. The third-order valence-electron chi connectivity index (χ3n) is 6.57. The van der Waals surface area contributed by atoms with Crippen LogP contribution in [0.1, 0.15) is 40.1 Å². The second kappa shape index (κ2) is 11.1. The molecule has 1 heterocycles. The molecule has 5 nitrogen and oxygen atoms in total. The zero-order chi connectivity index (χ0) is 26.8. The molecular weight excluding hydrogens is 541 g/mol. The molecule has 0 aliphatic heterocycles. The molecule has 1 aliphatic rings. The lowest BCUT2D eigenvalue weighted by molar-refractivity contribution is -0.151. The monoisotopic (exact) mass is 563 g/mol. The van der Waals surface area contributed by atoms with Crippen LogP contribution < -0.4 is 5.32 Å². The number of esters is 1. The largest absolute Gasteiger partial charge is 0.465 e. The van der Waals surface area contributed by atoms with Crippen molar-refractivity contribution in [2.45, 2.75) is 19.3 Å². The number of halogens is 2. The Labute approximate surface area is 234 Å². The number of hydrogen-bond donors (Lipinski definition) is 1. The van der Waals surface area contributed by atoms with Gasteiger partial charge in [0.1, 0.15) is 10.8 Å². The molecule has 0 spiro atoms. The summed E-state index contributed by atoms with van der Waals surface area (Å²) in [6.07, 6.45) is 1.95. The van der Waals surface area contributed by atoms with Gasteiger partial charge in [0.05, 0.1) is 11.6 Å². The van der Waals surface area contributed by atoms with Crippen molar-refractivity contribution in [3.63, 3.8) is 0 Å². The van der Waals surface area contributed by atoms with Crippen LogP contribution in [0.25, 0.3) is 15.7 Å². The number of carbonyl (C=O) groups is 3. The van der Waals surface area contributed by atoms with Crippen LogP contribution in [0.15, 0.2) is 78.9 Å². The normalized spacial score (nSPS) is 17.2. The first-order chi connectivity index (χ1) is 18.4. The Hall–Kier alpha value is -3.45. The summed E-state index contributed by atoms with van der Waals surface area (Å²) < 4.78 is 6.17. The first kappa shape index (κ1) is 26.2. The lowest BCUT2D eigenvalue weighted by Crippen LogP contribution is -2.34. The molecule has 38 heavy (non-hydrogen) atoms. The number of anilines is 1. The van der Waals surface area contributed by atoms with Crippen molar-refractivity contribution in [1.29, 1.82) is 0 Å². The zero-order valence-corrected chi connectivity index (χ0v) is 22.7. The Balaban J connectivity index is 1.39. The van der Waals surface area contributed by atoms with Crippen LogP contribution in [0, 0.1) is 5.92 Å². The molecule has 192 valence electrons. The van der Waals surface area contributed by atoms with E-state index in [1.54, 1.807) is 25.1 Å². The van der Waals surface area contributed by atoms with Crippen molar-refractivity contribution in [2.24, 2.45) is 5.92 Å². The molecule has 0 saturated carbocycles. The Morgan fingerprint density at radius 3 is 2.42 bits per heavy atom. The van der Waals surface area contributed by atoms with Crippen LogP contribution in [0.5, 0.6) is 0 Å². The Morgan fingerprint density at radius 2 is 1.71 bits per heavy atom. The highest BCUT2D eigenvalue weighted by Crippen LogP contribution is 2.43. The van der Waals surface area contributed by atoms with Crippen molar-refractivity contribution < 1.29 is 19.1 Å². The first-order valence-corrected chi connectivity index (χ1v) is 13.7. The number of nitrogens with one attached hydrogen (secondary N) is 1. The van der Waals surface area contributed by atoms with Crippen molar-refractivity contribution in [2.75, 3.05) is 11.9 Å². The number of benzene rings is 3. The van der Waals surface area contributed by atoms with Crippen LogP contribution in [-0.4, -0.2) is 24.3 Å². The van der Waals surface area contributed by atoms with Crippen LogP contribution in [0.3, 0.4) is 0 Å². The van der Waals surface area contributed by atoms with Gasteiger partial charge in [-0.15, -0.1) is 11.3 Å². The second-order valence-corrected chi connectivity index (χ2v) is 10.7. The van der Waals surface area contributed by atoms with E-state index in [9.17, 15) is 14.4 Å². The number of carbonyl (C=O) groups excluding carboxylic acids is 3. The van der Waals surface area contributed by atoms with E-state index in [2.05, 4.69) is 5.32 Å². The zero-order valence-electron chi connectivity index (χ0n) is 20.4. The number of rotatable bonds is 6. The molecule has 5 rings (SSSR count). The van der Waals surface area contributed by atoms with Crippen molar-refractivity contribution in [1.82, 2.24) is 0 Å². The lowest BCUT2D eigenvalue weighted by Gasteiger charge is -2.30. The van der Waals surface area contributed by atoms with Crippen LogP contribution in [0.2, 0.25) is 10.0 Å². The number of ketones is 1. The maximum absolute atomic E-state index is 13.2. The average molecular weight is 564 g/mol. The van der Waals surface area contributed by atoms with Crippen LogP contribution in [0.4, 0.5) is 5.69 Å². The van der Waals surface area contributed by atoms with E-state index in [4.69, 9.17) is 27.9 Å². The van der Waals surface area contributed by atoms with Gasteiger partial charge in [-0.2, -0.15) is 0 Å². The highest BCUT2D eigenvalue weighted by atomic mass is 35.5. The van der Waals surface area contributed by atoms with Gasteiger partial charge in [-0.05, 0) is 60.4 Å². The van der Waals surface area contributed by atoms with Gasteiger partial charge in [0.15, 0.2) is 5.78 Å². The third kappa shape index (κ3) is 5.12. The van der Waals surface area contributed by atoms with Gasteiger partial charge in [0.25, 0.3) is 5.91 Å². The first-order valence-electron chi connectivity index (χ1n) is 12.1. The molecule has 1 aromatic heterocycles. The highest BCUT2D eigenvalue weighted by molar-refractivity contribution is 7.21. The number of allylic oxidation sites excluding steroid dienone is 2. The van der Waals surface area contributed by atoms with Crippen molar-refractivity contribution in [3.05, 3.63) is 105 Å². The van der Waals surface area contributed by atoms with E-state index in [-0.39, 0.29) is 18.3 Å². The molecule has 2 atom stereocenters. The smallest absolute Gasteiger partial charge is 0.317 e. The fourth-order valence-electron chi connectivity index (χ4n) is 4.77. The fraction of sp³-hybridized carbons (Fsp3) is 0.167. The number of ether oxygens (including phenoxy) is 1. The number of amides is 1. The summed E-state index contributed by atoms with van der Waals surface area (Å²) in [6, 6.07) is 22.1. The summed E-state index contributed by atoms with van der Waals surface area (Å²) in [4.78, 5) is 39.3. The average Bonchev–Trinajstić information content (AvgIpc) is 3.25. The summed E-state index contributed by atoms with van der Waals surface area (Å²) in [5, 5.41) is 4.69. The van der Waals surface area contributed by atoms with Gasteiger partial charge in [-0.3, -0.25) is 14.4 Å². The Morgan fingerprint density at radius 1 is 1.00 bits per heavy atom. The minimum absolute atomic E-state index is 0.189. The molecule has 1 amide bonds. The molecule has 0 saturated heterocycles. The van der Waals surface area contributed by atoms with Crippen LogP contribution >= 0.6 is 34.5 Å². The molecule has 1 aliphatic carbocycles. The van der Waals surface area contributed by atoms with E-state index in [0.29, 0.717) is 27.0 Å². The van der Waals surface area contributed by atoms with Gasteiger partial charge < -0.3 is 10.1 Å². The summed E-state index contributed by atoms with van der Waals surface area (Å²) in [6.45, 7) is 1.90. The minimum atomic E-state index is -0.955. The standard InChI is InChI=1S/C30H23Cl2NO4S/c1-2-37-30(36)26-22(20-7-3-5-9-23(20)31)15-18(16-24(26)34)17-11-13-19(14-12-17)33-29(35)28-27(32)21-8-4-6-10-25(21)38-28/h3-14,16,22,26H,2,15H2,1H3,(H,33,35). The number of thiophene rings is 1. The van der Waals surface area contributed by atoms with Gasteiger partial charge in [-0.25, -0.2) is 0 Å². The van der Waals surface area contributed by atoms with Crippen LogP contribution in [-0.2, 0) is 14.3 Å². The van der Waals surface area contributed by atoms with E-state index < -0.39 is 17.8 Å². The Kier molecular flexibility index (Phi) is 7.65. The molecule has 2 unspecified atom stereocenters. The predicted molar refractivity (Wildman–Crippen MR) is 153 cm³/mol. The number of fused-ring (bicyclic) bond motifs is 1. The summed E-state index contributed by atoms with van der Waals surface area (Å²) in [7, 11) is 0. The van der Waals surface area contributed by atoms with Crippen molar-refractivity contribution in [3.8, 4) is 0 Å². The molecule has 4 aromatic rings. The molecule has 0 bridgehead atoms. The van der Waals surface area contributed by atoms with E-state index >= 15 is 0 Å². The topological polar surface area (TPSA) is 72.5 Å². The maximum Gasteiger partial charge on any atom is 0.317 e.